The Hall–Kier alpha value is -3.97. The molecule has 0 bridgehead atoms. The number of nitrogens with zero attached hydrogens (tertiary/aromatic N) is 5. The highest BCUT2D eigenvalue weighted by Gasteiger charge is 2.17. The number of rotatable bonds is 6. The van der Waals surface area contributed by atoms with Crippen molar-refractivity contribution in [1.82, 2.24) is 25.1 Å². The number of aryl methyl sites for hydroxylation is 1. The minimum absolute atomic E-state index is 0.665. The van der Waals surface area contributed by atoms with Crippen molar-refractivity contribution in [3.05, 3.63) is 83.8 Å². The first-order chi connectivity index (χ1) is 16.6. The summed E-state index contributed by atoms with van der Waals surface area (Å²) < 4.78 is 0. The van der Waals surface area contributed by atoms with E-state index in [1.54, 1.807) is 0 Å². The van der Waals surface area contributed by atoms with E-state index < -0.39 is 0 Å². The minimum atomic E-state index is 0.665. The molecule has 5 rings (SSSR count). The molecule has 2 N–H and O–H groups in total. The van der Waals surface area contributed by atoms with Crippen molar-refractivity contribution in [2.45, 2.75) is 6.92 Å². The SMILES string of the molecule is Cc1cc(Nc2cc(N3CCN(C)CC3)nc(/C=C/c3ccc(-c4ccccc4)cc3)n2)n[nH]1. The van der Waals surface area contributed by atoms with Crippen LogP contribution in [0.1, 0.15) is 17.1 Å². The van der Waals surface area contributed by atoms with Gasteiger partial charge in [-0.1, -0.05) is 60.7 Å². The fourth-order valence-electron chi connectivity index (χ4n) is 3.99. The van der Waals surface area contributed by atoms with Crippen molar-refractivity contribution in [3.63, 3.8) is 0 Å². The molecule has 4 aromatic rings. The predicted molar refractivity (Wildman–Crippen MR) is 139 cm³/mol. The van der Waals surface area contributed by atoms with Gasteiger partial charge in [0.2, 0.25) is 0 Å². The van der Waals surface area contributed by atoms with Gasteiger partial charge >= 0.3 is 0 Å². The minimum Gasteiger partial charge on any atom is -0.354 e. The number of H-pyrrole nitrogens is 1. The molecule has 0 saturated carbocycles. The van der Waals surface area contributed by atoms with Crippen LogP contribution in [0.2, 0.25) is 0 Å². The highest BCUT2D eigenvalue weighted by Crippen LogP contribution is 2.23. The molecular weight excluding hydrogens is 422 g/mol. The Morgan fingerprint density at radius 3 is 2.26 bits per heavy atom. The molecule has 2 aromatic heterocycles. The van der Waals surface area contributed by atoms with Gasteiger partial charge in [0.25, 0.3) is 0 Å². The lowest BCUT2D eigenvalue weighted by atomic mass is 10.0. The molecule has 1 fully saturated rings. The number of aromatic nitrogens is 4. The molecule has 7 nitrogen and oxygen atoms in total. The number of aromatic amines is 1. The third kappa shape index (κ3) is 5.32. The van der Waals surface area contributed by atoms with Crippen LogP contribution in [0.15, 0.2) is 66.7 Å². The number of nitrogens with one attached hydrogen (secondary N) is 2. The molecule has 1 saturated heterocycles. The molecule has 0 amide bonds. The average Bonchev–Trinajstić information content (AvgIpc) is 3.28. The van der Waals surface area contributed by atoms with E-state index in [9.17, 15) is 0 Å². The van der Waals surface area contributed by atoms with Crippen molar-refractivity contribution in [1.29, 1.82) is 0 Å². The maximum atomic E-state index is 4.85. The van der Waals surface area contributed by atoms with Crippen molar-refractivity contribution >= 4 is 29.6 Å². The molecule has 0 spiro atoms. The van der Waals surface area contributed by atoms with E-state index in [4.69, 9.17) is 9.97 Å². The summed E-state index contributed by atoms with van der Waals surface area (Å²) in [6, 6.07) is 22.9. The van der Waals surface area contributed by atoms with E-state index in [1.165, 1.54) is 11.1 Å². The number of benzene rings is 2. The predicted octanol–water partition coefficient (Wildman–Crippen LogP) is 4.84. The Morgan fingerprint density at radius 2 is 1.56 bits per heavy atom. The van der Waals surface area contributed by atoms with Crippen LogP contribution >= 0.6 is 0 Å². The lowest BCUT2D eigenvalue weighted by molar-refractivity contribution is 0.312. The van der Waals surface area contributed by atoms with Gasteiger partial charge in [-0.3, -0.25) is 5.10 Å². The van der Waals surface area contributed by atoms with Crippen LogP contribution in [0.3, 0.4) is 0 Å². The maximum absolute atomic E-state index is 4.85. The van der Waals surface area contributed by atoms with E-state index in [2.05, 4.69) is 87.0 Å². The number of anilines is 3. The third-order valence-corrected chi connectivity index (χ3v) is 5.96. The summed E-state index contributed by atoms with van der Waals surface area (Å²) in [6.07, 6.45) is 4.03. The van der Waals surface area contributed by atoms with Gasteiger partial charge in [0.15, 0.2) is 11.6 Å². The van der Waals surface area contributed by atoms with E-state index in [1.807, 2.05) is 31.2 Å². The second kappa shape index (κ2) is 9.89. The summed E-state index contributed by atoms with van der Waals surface area (Å²) in [7, 11) is 2.15. The standard InChI is InChI=1S/C27H29N7/c1-20-18-26(32-31-20)29-25-19-27(34-16-14-33(2)15-17-34)30-24(28-25)13-10-21-8-11-23(12-9-21)22-6-4-3-5-7-22/h3-13,18-19H,14-17H2,1-2H3,(H2,28,29,30,31,32)/b13-10+. The fourth-order valence-corrected chi connectivity index (χ4v) is 3.99. The summed E-state index contributed by atoms with van der Waals surface area (Å²) in [4.78, 5) is 14.2. The van der Waals surface area contributed by atoms with Crippen molar-refractivity contribution < 1.29 is 0 Å². The molecule has 1 aliphatic heterocycles. The van der Waals surface area contributed by atoms with Crippen molar-refractivity contribution in [2.24, 2.45) is 0 Å². The Morgan fingerprint density at radius 1 is 0.824 bits per heavy atom. The zero-order chi connectivity index (χ0) is 23.3. The Balaban J connectivity index is 1.39. The number of hydrogen-bond donors (Lipinski definition) is 2. The van der Waals surface area contributed by atoms with Crippen LogP contribution in [0.5, 0.6) is 0 Å². The van der Waals surface area contributed by atoms with Gasteiger partial charge in [-0.05, 0) is 36.7 Å². The number of hydrogen-bond acceptors (Lipinski definition) is 6. The normalized spacial score (nSPS) is 14.6. The second-order valence-corrected chi connectivity index (χ2v) is 8.64. The Bertz CT molecular complexity index is 1250. The van der Waals surface area contributed by atoms with E-state index in [-0.39, 0.29) is 0 Å². The molecule has 0 unspecified atom stereocenters. The second-order valence-electron chi connectivity index (χ2n) is 8.64. The van der Waals surface area contributed by atoms with Gasteiger partial charge in [0.1, 0.15) is 11.6 Å². The molecule has 172 valence electrons. The van der Waals surface area contributed by atoms with E-state index in [0.717, 1.165) is 54.9 Å². The van der Waals surface area contributed by atoms with Gasteiger partial charge in [0, 0.05) is 44.0 Å². The molecule has 34 heavy (non-hydrogen) atoms. The van der Waals surface area contributed by atoms with Crippen LogP contribution in [0, 0.1) is 6.92 Å². The summed E-state index contributed by atoms with van der Waals surface area (Å²) in [5.74, 6) is 3.07. The van der Waals surface area contributed by atoms with E-state index in [0.29, 0.717) is 5.82 Å². The largest absolute Gasteiger partial charge is 0.354 e. The van der Waals surface area contributed by atoms with Gasteiger partial charge in [-0.15, -0.1) is 0 Å². The van der Waals surface area contributed by atoms with Gasteiger partial charge in [-0.2, -0.15) is 5.10 Å². The van der Waals surface area contributed by atoms with Crippen molar-refractivity contribution in [3.8, 4) is 11.1 Å². The summed E-state index contributed by atoms with van der Waals surface area (Å²) >= 11 is 0. The van der Waals surface area contributed by atoms with Gasteiger partial charge in [0.05, 0.1) is 0 Å². The first-order valence-electron chi connectivity index (χ1n) is 11.6. The number of likely N-dealkylation sites (N-methyl/N-ethyl adjacent to an activating group) is 1. The summed E-state index contributed by atoms with van der Waals surface area (Å²) in [6.45, 7) is 5.90. The zero-order valence-corrected chi connectivity index (χ0v) is 19.6. The fraction of sp³-hybridized carbons (Fsp3) is 0.222. The highest BCUT2D eigenvalue weighted by molar-refractivity contribution is 5.71. The first kappa shape index (κ1) is 21.9. The summed E-state index contributed by atoms with van der Waals surface area (Å²) in [5, 5.41) is 10.6. The van der Waals surface area contributed by atoms with Crippen molar-refractivity contribution in [2.75, 3.05) is 43.4 Å². The molecule has 2 aromatic carbocycles. The molecule has 0 aliphatic carbocycles. The lowest BCUT2D eigenvalue weighted by Gasteiger charge is -2.33. The van der Waals surface area contributed by atoms with Gasteiger partial charge in [-0.25, -0.2) is 9.97 Å². The van der Waals surface area contributed by atoms with Crippen LogP contribution in [-0.2, 0) is 0 Å². The highest BCUT2D eigenvalue weighted by atomic mass is 15.3. The molecule has 3 heterocycles. The first-order valence-corrected chi connectivity index (χ1v) is 11.6. The average molecular weight is 452 g/mol. The Labute approximate surface area is 200 Å². The zero-order valence-electron chi connectivity index (χ0n) is 19.6. The Kier molecular flexibility index (Phi) is 6.35. The topological polar surface area (TPSA) is 73.0 Å². The molecule has 0 atom stereocenters. The third-order valence-electron chi connectivity index (χ3n) is 5.96. The monoisotopic (exact) mass is 451 g/mol. The molecule has 1 aliphatic rings. The van der Waals surface area contributed by atoms with Crippen LogP contribution < -0.4 is 10.2 Å². The lowest BCUT2D eigenvalue weighted by Crippen LogP contribution is -2.44. The van der Waals surface area contributed by atoms with Crippen LogP contribution in [-0.4, -0.2) is 58.3 Å². The summed E-state index contributed by atoms with van der Waals surface area (Å²) in [5.41, 5.74) is 4.51. The molecule has 7 heteroatoms. The molecular formula is C27H29N7. The van der Waals surface area contributed by atoms with Crippen LogP contribution in [0.25, 0.3) is 23.3 Å². The van der Waals surface area contributed by atoms with Crippen LogP contribution in [0.4, 0.5) is 17.5 Å². The van der Waals surface area contributed by atoms with E-state index >= 15 is 0 Å². The number of piperazine rings is 1. The maximum Gasteiger partial charge on any atom is 0.156 e. The smallest absolute Gasteiger partial charge is 0.156 e. The van der Waals surface area contributed by atoms with Gasteiger partial charge < -0.3 is 15.1 Å². The molecule has 0 radical (unpaired) electrons. The quantitative estimate of drug-likeness (QED) is 0.437.